The molecular weight excluding hydrogens is 337 g/mol. The van der Waals surface area contributed by atoms with E-state index in [2.05, 4.69) is 10.6 Å². The molecule has 1 aliphatic heterocycles. The maximum atomic E-state index is 12.9. The summed E-state index contributed by atoms with van der Waals surface area (Å²) in [5.74, 6) is 0.297. The number of carbonyl (C=O) groups is 2. The Hall–Kier alpha value is -3.09. The fraction of sp³-hybridized carbons (Fsp3) is 0.263. The van der Waals surface area contributed by atoms with Crippen LogP contribution >= 0.6 is 0 Å². The van der Waals surface area contributed by atoms with Crippen LogP contribution in [0.5, 0.6) is 5.75 Å². The highest BCUT2D eigenvalue weighted by atomic mass is 19.1. The Kier molecular flexibility index (Phi) is 5.36. The molecule has 2 aromatic rings. The van der Waals surface area contributed by atoms with E-state index in [0.717, 1.165) is 11.3 Å². The molecule has 7 heteroatoms. The standard InChI is InChI=1S/C19H20FN3O3/c1-26-17-4-2-3-16(10-17)23-12-15(9-18(23)24)22-19(25)21-11-13-5-7-14(20)8-6-13/h2-8,10,15H,9,11-12H2,1H3,(H2,21,22,25)/t15-/m1/s1. The molecule has 1 fully saturated rings. The summed E-state index contributed by atoms with van der Waals surface area (Å²) in [7, 11) is 1.57. The molecule has 0 saturated carbocycles. The smallest absolute Gasteiger partial charge is 0.315 e. The first-order valence-corrected chi connectivity index (χ1v) is 8.28. The number of hydrogen-bond donors (Lipinski definition) is 2. The molecule has 0 bridgehead atoms. The van der Waals surface area contributed by atoms with Crippen LogP contribution < -0.4 is 20.3 Å². The van der Waals surface area contributed by atoms with Gasteiger partial charge in [0, 0.05) is 31.3 Å². The van der Waals surface area contributed by atoms with Gasteiger partial charge in [0.2, 0.25) is 5.91 Å². The number of halogens is 1. The number of anilines is 1. The number of ether oxygens (including phenoxy) is 1. The van der Waals surface area contributed by atoms with E-state index in [1.54, 1.807) is 30.2 Å². The topological polar surface area (TPSA) is 70.7 Å². The van der Waals surface area contributed by atoms with Gasteiger partial charge in [-0.25, -0.2) is 9.18 Å². The number of nitrogens with one attached hydrogen (secondary N) is 2. The van der Waals surface area contributed by atoms with Crippen molar-refractivity contribution in [2.24, 2.45) is 0 Å². The van der Waals surface area contributed by atoms with Gasteiger partial charge in [0.1, 0.15) is 11.6 Å². The van der Waals surface area contributed by atoms with Crippen LogP contribution in [0.1, 0.15) is 12.0 Å². The van der Waals surface area contributed by atoms with Gasteiger partial charge in [-0.3, -0.25) is 4.79 Å². The number of carbonyl (C=O) groups excluding carboxylic acids is 2. The summed E-state index contributed by atoms with van der Waals surface area (Å²) in [5.41, 5.74) is 1.53. The Morgan fingerprint density at radius 2 is 2.04 bits per heavy atom. The maximum Gasteiger partial charge on any atom is 0.315 e. The summed E-state index contributed by atoms with van der Waals surface area (Å²) >= 11 is 0. The lowest BCUT2D eigenvalue weighted by Crippen LogP contribution is -2.43. The molecule has 0 radical (unpaired) electrons. The highest BCUT2D eigenvalue weighted by Gasteiger charge is 2.31. The van der Waals surface area contributed by atoms with Gasteiger partial charge in [0.25, 0.3) is 0 Å². The van der Waals surface area contributed by atoms with Crippen molar-refractivity contribution in [2.45, 2.75) is 19.0 Å². The fourth-order valence-electron chi connectivity index (χ4n) is 2.85. The van der Waals surface area contributed by atoms with Crippen LogP contribution in [0.4, 0.5) is 14.9 Å². The van der Waals surface area contributed by atoms with E-state index in [4.69, 9.17) is 4.74 Å². The predicted octanol–water partition coefficient (Wildman–Crippen LogP) is 2.44. The zero-order chi connectivity index (χ0) is 18.5. The Balaban J connectivity index is 1.53. The number of hydrogen-bond acceptors (Lipinski definition) is 3. The summed E-state index contributed by atoms with van der Waals surface area (Å²) in [6.45, 7) is 0.683. The Bertz CT molecular complexity index is 795. The molecule has 0 aliphatic carbocycles. The molecule has 0 unspecified atom stereocenters. The quantitative estimate of drug-likeness (QED) is 0.863. The van der Waals surface area contributed by atoms with Crippen molar-refractivity contribution in [1.29, 1.82) is 0 Å². The monoisotopic (exact) mass is 357 g/mol. The number of benzene rings is 2. The second kappa shape index (κ2) is 7.86. The van der Waals surface area contributed by atoms with E-state index in [-0.39, 0.29) is 36.8 Å². The Labute approximate surface area is 150 Å². The van der Waals surface area contributed by atoms with Crippen LogP contribution in [0.2, 0.25) is 0 Å². The molecule has 2 aromatic carbocycles. The lowest BCUT2D eigenvalue weighted by atomic mass is 10.2. The van der Waals surface area contributed by atoms with Gasteiger partial charge < -0.3 is 20.3 Å². The minimum Gasteiger partial charge on any atom is -0.497 e. The van der Waals surface area contributed by atoms with E-state index in [1.165, 1.54) is 12.1 Å². The SMILES string of the molecule is COc1cccc(N2C[C@H](NC(=O)NCc3ccc(F)cc3)CC2=O)c1. The second-order valence-corrected chi connectivity index (χ2v) is 6.06. The fourth-order valence-corrected chi connectivity index (χ4v) is 2.85. The van der Waals surface area contributed by atoms with Crippen molar-refractivity contribution in [1.82, 2.24) is 10.6 Å². The van der Waals surface area contributed by atoms with Crippen LogP contribution in [0.25, 0.3) is 0 Å². The summed E-state index contributed by atoms with van der Waals surface area (Å²) in [6.07, 6.45) is 0.237. The van der Waals surface area contributed by atoms with Gasteiger partial charge in [0.05, 0.1) is 13.2 Å². The van der Waals surface area contributed by atoms with Crippen LogP contribution in [0.3, 0.4) is 0 Å². The van der Waals surface area contributed by atoms with E-state index in [0.29, 0.717) is 12.3 Å². The van der Waals surface area contributed by atoms with Crippen molar-refractivity contribution in [3.05, 3.63) is 59.9 Å². The Morgan fingerprint density at radius 3 is 2.77 bits per heavy atom. The Morgan fingerprint density at radius 1 is 1.27 bits per heavy atom. The molecule has 136 valence electrons. The van der Waals surface area contributed by atoms with Crippen molar-refractivity contribution in [3.63, 3.8) is 0 Å². The summed E-state index contributed by atoms with van der Waals surface area (Å²) in [4.78, 5) is 25.9. The number of nitrogens with zero attached hydrogens (tertiary/aromatic N) is 1. The molecular formula is C19H20FN3O3. The molecule has 6 nitrogen and oxygen atoms in total. The normalized spacial score (nSPS) is 16.5. The number of urea groups is 1. The summed E-state index contributed by atoms with van der Waals surface area (Å²) < 4.78 is 18.1. The van der Waals surface area contributed by atoms with Crippen molar-refractivity contribution in [3.8, 4) is 5.75 Å². The van der Waals surface area contributed by atoms with E-state index < -0.39 is 0 Å². The van der Waals surface area contributed by atoms with Gasteiger partial charge >= 0.3 is 6.03 Å². The van der Waals surface area contributed by atoms with Crippen LogP contribution in [0, 0.1) is 5.82 Å². The molecule has 1 aliphatic rings. The molecule has 1 heterocycles. The van der Waals surface area contributed by atoms with E-state index >= 15 is 0 Å². The third kappa shape index (κ3) is 4.30. The molecule has 3 amide bonds. The number of amides is 3. The van der Waals surface area contributed by atoms with Gasteiger partial charge in [-0.2, -0.15) is 0 Å². The minimum atomic E-state index is -0.361. The zero-order valence-corrected chi connectivity index (χ0v) is 14.4. The molecule has 1 saturated heterocycles. The highest BCUT2D eigenvalue weighted by molar-refractivity contribution is 5.97. The molecule has 26 heavy (non-hydrogen) atoms. The summed E-state index contributed by atoms with van der Waals surface area (Å²) in [5, 5.41) is 5.51. The highest BCUT2D eigenvalue weighted by Crippen LogP contribution is 2.25. The average Bonchev–Trinajstić information content (AvgIpc) is 3.01. The third-order valence-electron chi connectivity index (χ3n) is 4.19. The maximum absolute atomic E-state index is 12.9. The van der Waals surface area contributed by atoms with Gasteiger partial charge in [0.15, 0.2) is 0 Å². The van der Waals surface area contributed by atoms with Crippen molar-refractivity contribution >= 4 is 17.6 Å². The van der Waals surface area contributed by atoms with E-state index in [1.807, 2.05) is 18.2 Å². The van der Waals surface area contributed by atoms with Crippen LogP contribution in [0.15, 0.2) is 48.5 Å². The van der Waals surface area contributed by atoms with Gasteiger partial charge in [-0.1, -0.05) is 18.2 Å². The zero-order valence-electron chi connectivity index (χ0n) is 14.4. The largest absolute Gasteiger partial charge is 0.497 e. The average molecular weight is 357 g/mol. The lowest BCUT2D eigenvalue weighted by molar-refractivity contribution is -0.117. The first-order chi connectivity index (χ1) is 12.5. The third-order valence-corrected chi connectivity index (χ3v) is 4.19. The lowest BCUT2D eigenvalue weighted by Gasteiger charge is -2.18. The van der Waals surface area contributed by atoms with Gasteiger partial charge in [-0.05, 0) is 29.8 Å². The summed E-state index contributed by atoms with van der Waals surface area (Å²) in [6, 6.07) is 12.5. The van der Waals surface area contributed by atoms with Crippen LogP contribution in [-0.4, -0.2) is 31.6 Å². The molecule has 0 spiro atoms. The number of rotatable bonds is 5. The first-order valence-electron chi connectivity index (χ1n) is 8.28. The van der Waals surface area contributed by atoms with E-state index in [9.17, 15) is 14.0 Å². The second-order valence-electron chi connectivity index (χ2n) is 6.06. The van der Waals surface area contributed by atoms with Crippen molar-refractivity contribution in [2.75, 3.05) is 18.6 Å². The molecule has 2 N–H and O–H groups in total. The first kappa shape index (κ1) is 17.7. The number of methoxy groups -OCH3 is 1. The van der Waals surface area contributed by atoms with Crippen LogP contribution in [-0.2, 0) is 11.3 Å². The van der Waals surface area contributed by atoms with Crippen molar-refractivity contribution < 1.29 is 18.7 Å². The van der Waals surface area contributed by atoms with Gasteiger partial charge in [-0.15, -0.1) is 0 Å². The molecule has 1 atom stereocenters. The molecule has 3 rings (SSSR count). The predicted molar refractivity (Wildman–Crippen MR) is 95.5 cm³/mol. The molecule has 0 aromatic heterocycles. The minimum absolute atomic E-state index is 0.0536.